The lowest BCUT2D eigenvalue weighted by atomic mass is 10.1. The molecular weight excluding hydrogens is 398 g/mol. The number of likely N-dealkylation sites (tertiary alicyclic amines) is 1. The van der Waals surface area contributed by atoms with Gasteiger partial charge in [0.15, 0.2) is 11.5 Å². The summed E-state index contributed by atoms with van der Waals surface area (Å²) in [5, 5.41) is 7.04. The van der Waals surface area contributed by atoms with Crippen molar-refractivity contribution in [2.75, 3.05) is 19.8 Å². The minimum atomic E-state index is -0.180. The summed E-state index contributed by atoms with van der Waals surface area (Å²) >= 11 is 0. The summed E-state index contributed by atoms with van der Waals surface area (Å²) in [6.45, 7) is 9.58. The maximum absolute atomic E-state index is 12.8. The maximum Gasteiger partial charge on any atom is 0.251 e. The van der Waals surface area contributed by atoms with Gasteiger partial charge in [-0.05, 0) is 58.7 Å². The van der Waals surface area contributed by atoms with Crippen LogP contribution in [-0.4, -0.2) is 47.7 Å². The predicted octanol–water partition coefficient (Wildman–Crippen LogP) is 3.40. The van der Waals surface area contributed by atoms with Crippen LogP contribution >= 0.6 is 0 Å². The van der Waals surface area contributed by atoms with E-state index in [9.17, 15) is 9.59 Å². The van der Waals surface area contributed by atoms with Gasteiger partial charge < -0.3 is 24.2 Å². The molecule has 0 spiro atoms. The molecule has 2 heterocycles. The van der Waals surface area contributed by atoms with E-state index < -0.39 is 0 Å². The Morgan fingerprint density at radius 1 is 1.19 bits per heavy atom. The van der Waals surface area contributed by atoms with Gasteiger partial charge in [-0.15, -0.1) is 0 Å². The third-order valence-corrected chi connectivity index (χ3v) is 5.48. The molecule has 1 unspecified atom stereocenters. The molecule has 1 aliphatic rings. The van der Waals surface area contributed by atoms with Crippen molar-refractivity contribution in [2.45, 2.75) is 59.5 Å². The van der Waals surface area contributed by atoms with Gasteiger partial charge in [0.25, 0.3) is 5.91 Å². The van der Waals surface area contributed by atoms with Crippen molar-refractivity contribution in [2.24, 2.45) is 0 Å². The van der Waals surface area contributed by atoms with Gasteiger partial charge >= 0.3 is 0 Å². The molecule has 8 heteroatoms. The van der Waals surface area contributed by atoms with Crippen LogP contribution in [0.15, 0.2) is 22.7 Å². The van der Waals surface area contributed by atoms with E-state index in [0.717, 1.165) is 17.0 Å². The zero-order valence-electron chi connectivity index (χ0n) is 18.7. The van der Waals surface area contributed by atoms with Crippen molar-refractivity contribution in [3.8, 4) is 11.5 Å². The molecule has 1 atom stereocenters. The van der Waals surface area contributed by atoms with Gasteiger partial charge in [0, 0.05) is 30.1 Å². The van der Waals surface area contributed by atoms with E-state index in [1.54, 1.807) is 18.2 Å². The summed E-state index contributed by atoms with van der Waals surface area (Å²) in [4.78, 5) is 27.3. The Morgan fingerprint density at radius 3 is 2.61 bits per heavy atom. The van der Waals surface area contributed by atoms with Crippen molar-refractivity contribution >= 4 is 11.8 Å². The SMILES string of the molecule is CCOc1ccc(C(=O)NC2CCC(=O)N(Cc3c(C)noc3C)CC2)cc1OCC. The lowest BCUT2D eigenvalue weighted by Gasteiger charge is -2.21. The van der Waals surface area contributed by atoms with Crippen molar-refractivity contribution in [1.29, 1.82) is 0 Å². The summed E-state index contributed by atoms with van der Waals surface area (Å²) in [5.74, 6) is 1.81. The highest BCUT2D eigenvalue weighted by atomic mass is 16.5. The van der Waals surface area contributed by atoms with Crippen LogP contribution in [0.3, 0.4) is 0 Å². The van der Waals surface area contributed by atoms with Crippen molar-refractivity contribution in [3.05, 3.63) is 40.8 Å². The van der Waals surface area contributed by atoms with E-state index in [0.29, 0.717) is 62.6 Å². The average Bonchev–Trinajstić information content (AvgIpc) is 2.96. The Kier molecular flexibility index (Phi) is 7.55. The van der Waals surface area contributed by atoms with Crippen LogP contribution in [0.2, 0.25) is 0 Å². The normalized spacial score (nSPS) is 16.7. The number of aryl methyl sites for hydroxylation is 2. The highest BCUT2D eigenvalue weighted by molar-refractivity contribution is 5.95. The van der Waals surface area contributed by atoms with Crippen LogP contribution in [0.25, 0.3) is 0 Å². The molecule has 8 nitrogen and oxygen atoms in total. The molecule has 1 aromatic heterocycles. The Hall–Kier alpha value is -3.03. The molecule has 3 rings (SSSR count). The summed E-state index contributed by atoms with van der Waals surface area (Å²) in [5.41, 5.74) is 2.27. The zero-order valence-corrected chi connectivity index (χ0v) is 18.7. The number of nitrogens with zero attached hydrogens (tertiary/aromatic N) is 2. The third kappa shape index (κ3) is 5.57. The Bertz CT molecular complexity index is 904. The molecule has 1 saturated heterocycles. The average molecular weight is 430 g/mol. The molecule has 1 aromatic carbocycles. The minimum Gasteiger partial charge on any atom is -0.490 e. The summed E-state index contributed by atoms with van der Waals surface area (Å²) < 4.78 is 16.4. The molecule has 31 heavy (non-hydrogen) atoms. The van der Waals surface area contributed by atoms with E-state index in [-0.39, 0.29) is 17.9 Å². The first kappa shape index (κ1) is 22.7. The quantitative estimate of drug-likeness (QED) is 0.691. The van der Waals surface area contributed by atoms with Gasteiger partial charge in [-0.2, -0.15) is 0 Å². The first-order chi connectivity index (χ1) is 14.9. The van der Waals surface area contributed by atoms with E-state index >= 15 is 0 Å². The zero-order chi connectivity index (χ0) is 22.4. The van der Waals surface area contributed by atoms with Crippen molar-refractivity contribution in [1.82, 2.24) is 15.4 Å². The molecule has 1 aliphatic heterocycles. The molecule has 0 aliphatic carbocycles. The molecular formula is C23H31N3O5. The van der Waals surface area contributed by atoms with Gasteiger partial charge in [-0.3, -0.25) is 9.59 Å². The largest absolute Gasteiger partial charge is 0.490 e. The first-order valence-corrected chi connectivity index (χ1v) is 10.8. The third-order valence-electron chi connectivity index (χ3n) is 5.48. The second-order valence-electron chi connectivity index (χ2n) is 7.64. The number of nitrogens with one attached hydrogen (secondary N) is 1. The molecule has 1 N–H and O–H groups in total. The van der Waals surface area contributed by atoms with Crippen LogP contribution in [0.4, 0.5) is 0 Å². The molecule has 2 amide bonds. The fraction of sp³-hybridized carbons (Fsp3) is 0.522. The van der Waals surface area contributed by atoms with Gasteiger partial charge in [0.2, 0.25) is 5.91 Å². The van der Waals surface area contributed by atoms with E-state index in [4.69, 9.17) is 14.0 Å². The lowest BCUT2D eigenvalue weighted by molar-refractivity contribution is -0.131. The van der Waals surface area contributed by atoms with Crippen molar-refractivity contribution in [3.63, 3.8) is 0 Å². The fourth-order valence-electron chi connectivity index (χ4n) is 3.73. The highest BCUT2D eigenvalue weighted by Crippen LogP contribution is 2.29. The number of hydrogen-bond donors (Lipinski definition) is 1. The van der Waals surface area contributed by atoms with Crippen LogP contribution < -0.4 is 14.8 Å². The fourth-order valence-corrected chi connectivity index (χ4v) is 3.73. The molecule has 168 valence electrons. The maximum atomic E-state index is 12.8. The van der Waals surface area contributed by atoms with Gasteiger partial charge in [0.1, 0.15) is 5.76 Å². The Balaban J connectivity index is 1.63. The number of amides is 2. The van der Waals surface area contributed by atoms with Gasteiger partial charge in [-0.1, -0.05) is 5.16 Å². The van der Waals surface area contributed by atoms with Crippen LogP contribution in [0, 0.1) is 13.8 Å². The number of carbonyl (C=O) groups is 2. The molecule has 0 radical (unpaired) electrons. The number of aromatic nitrogens is 1. The summed E-state index contributed by atoms with van der Waals surface area (Å²) in [7, 11) is 0. The second-order valence-corrected chi connectivity index (χ2v) is 7.64. The number of ether oxygens (including phenoxy) is 2. The minimum absolute atomic E-state index is 0.0757. The molecule has 0 bridgehead atoms. The van der Waals surface area contributed by atoms with E-state index in [1.165, 1.54) is 0 Å². The number of hydrogen-bond acceptors (Lipinski definition) is 6. The van der Waals surface area contributed by atoms with E-state index in [1.807, 2.05) is 32.6 Å². The van der Waals surface area contributed by atoms with Gasteiger partial charge in [-0.25, -0.2) is 0 Å². The van der Waals surface area contributed by atoms with Crippen LogP contribution in [0.1, 0.15) is 60.5 Å². The number of rotatable bonds is 8. The topological polar surface area (TPSA) is 93.9 Å². The highest BCUT2D eigenvalue weighted by Gasteiger charge is 2.26. The Labute approximate surface area is 182 Å². The monoisotopic (exact) mass is 429 g/mol. The summed E-state index contributed by atoms with van der Waals surface area (Å²) in [6, 6.07) is 5.11. The molecule has 1 fully saturated rings. The number of benzene rings is 1. The predicted molar refractivity (Wildman–Crippen MR) is 115 cm³/mol. The Morgan fingerprint density at radius 2 is 1.94 bits per heavy atom. The number of carbonyl (C=O) groups excluding carboxylic acids is 2. The smallest absolute Gasteiger partial charge is 0.251 e. The standard InChI is InChI=1S/C23H31N3O5/c1-5-29-20-9-7-17(13-21(20)30-6-2)23(28)24-18-8-10-22(27)26(12-11-18)14-19-15(3)25-31-16(19)4/h7,9,13,18H,5-6,8,10-12,14H2,1-4H3,(H,24,28). The van der Waals surface area contributed by atoms with Crippen LogP contribution in [0.5, 0.6) is 11.5 Å². The summed E-state index contributed by atoms with van der Waals surface area (Å²) in [6.07, 6.45) is 1.69. The molecule has 0 saturated carbocycles. The van der Waals surface area contributed by atoms with Gasteiger partial charge in [0.05, 0.1) is 25.5 Å². The van der Waals surface area contributed by atoms with Crippen LogP contribution in [-0.2, 0) is 11.3 Å². The lowest BCUT2D eigenvalue weighted by Crippen LogP contribution is -2.36. The molecule has 2 aromatic rings. The van der Waals surface area contributed by atoms with Crippen molar-refractivity contribution < 1.29 is 23.6 Å². The van der Waals surface area contributed by atoms with E-state index in [2.05, 4.69) is 10.5 Å². The first-order valence-electron chi connectivity index (χ1n) is 10.8. The second kappa shape index (κ2) is 10.3.